The van der Waals surface area contributed by atoms with Gasteiger partial charge in [0.25, 0.3) is 0 Å². The first-order valence-corrected chi connectivity index (χ1v) is 6.11. The van der Waals surface area contributed by atoms with Gasteiger partial charge in [-0.15, -0.1) is 0 Å². The van der Waals surface area contributed by atoms with Crippen molar-refractivity contribution in [1.82, 2.24) is 0 Å². The second kappa shape index (κ2) is 6.58. The normalized spacial score (nSPS) is 13.1. The van der Waals surface area contributed by atoms with Crippen LogP contribution >= 0.6 is 0 Å². The average Bonchev–Trinajstić information content (AvgIpc) is 2.34. The van der Waals surface area contributed by atoms with Crippen molar-refractivity contribution >= 4 is 11.7 Å². The highest BCUT2D eigenvalue weighted by atomic mass is 19.4. The molecule has 0 aliphatic carbocycles. The number of anilines is 1. The zero-order valence-electron chi connectivity index (χ0n) is 10.8. The molecule has 0 saturated heterocycles. The lowest BCUT2D eigenvalue weighted by Gasteiger charge is -2.17. The molecule has 20 heavy (non-hydrogen) atoms. The maximum absolute atomic E-state index is 13.1. The van der Waals surface area contributed by atoms with E-state index in [1.165, 1.54) is 0 Å². The summed E-state index contributed by atoms with van der Waals surface area (Å²) in [5.41, 5.74) is -1.48. The van der Waals surface area contributed by atoms with Crippen molar-refractivity contribution in [3.8, 4) is 0 Å². The zero-order valence-corrected chi connectivity index (χ0v) is 10.8. The molecule has 0 aliphatic rings. The van der Waals surface area contributed by atoms with Gasteiger partial charge in [-0.25, -0.2) is 9.18 Å². The van der Waals surface area contributed by atoms with Crippen molar-refractivity contribution in [2.24, 2.45) is 0 Å². The number of benzene rings is 1. The summed E-state index contributed by atoms with van der Waals surface area (Å²) in [6.07, 6.45) is -3.14. The Morgan fingerprint density at radius 3 is 2.55 bits per heavy atom. The number of aliphatic carboxylic acids is 1. The highest BCUT2D eigenvalue weighted by Gasteiger charge is 2.34. The van der Waals surface area contributed by atoms with Crippen molar-refractivity contribution in [1.29, 1.82) is 0 Å². The maximum Gasteiger partial charge on any atom is 0.419 e. The molecule has 1 aromatic rings. The van der Waals surface area contributed by atoms with E-state index in [1.54, 1.807) is 0 Å². The van der Waals surface area contributed by atoms with Gasteiger partial charge in [-0.2, -0.15) is 13.2 Å². The lowest BCUT2D eigenvalue weighted by Crippen LogP contribution is -2.29. The van der Waals surface area contributed by atoms with E-state index in [4.69, 9.17) is 5.11 Å². The topological polar surface area (TPSA) is 49.3 Å². The van der Waals surface area contributed by atoms with Gasteiger partial charge in [0.1, 0.15) is 11.9 Å². The van der Waals surface area contributed by atoms with Gasteiger partial charge in [0.15, 0.2) is 0 Å². The van der Waals surface area contributed by atoms with Crippen LogP contribution in [0.15, 0.2) is 18.2 Å². The largest absolute Gasteiger partial charge is 0.480 e. The Labute approximate surface area is 113 Å². The van der Waals surface area contributed by atoms with Crippen molar-refractivity contribution in [2.45, 2.75) is 38.4 Å². The number of halogens is 4. The fraction of sp³-hybridized carbons (Fsp3) is 0.462. The second-order valence-electron chi connectivity index (χ2n) is 4.37. The molecular formula is C13H15F4NO2. The van der Waals surface area contributed by atoms with E-state index in [-0.39, 0.29) is 12.1 Å². The zero-order chi connectivity index (χ0) is 15.3. The fourth-order valence-electron chi connectivity index (χ4n) is 1.70. The molecule has 0 aliphatic heterocycles. The number of nitrogens with one attached hydrogen (secondary N) is 1. The summed E-state index contributed by atoms with van der Waals surface area (Å²) in [7, 11) is 0. The van der Waals surface area contributed by atoms with Crippen molar-refractivity contribution < 1.29 is 27.5 Å². The molecule has 0 heterocycles. The first-order valence-electron chi connectivity index (χ1n) is 6.11. The average molecular weight is 293 g/mol. The minimum Gasteiger partial charge on any atom is -0.480 e. The summed E-state index contributed by atoms with van der Waals surface area (Å²) < 4.78 is 50.7. The van der Waals surface area contributed by atoms with Gasteiger partial charge in [-0.3, -0.25) is 0 Å². The molecule has 0 fully saturated rings. The van der Waals surface area contributed by atoms with Gasteiger partial charge >= 0.3 is 12.1 Å². The molecule has 3 nitrogen and oxygen atoms in total. The molecular weight excluding hydrogens is 278 g/mol. The number of alkyl halides is 3. The Kier molecular flexibility index (Phi) is 5.35. The predicted octanol–water partition coefficient (Wildman–Crippen LogP) is 3.90. The summed E-state index contributed by atoms with van der Waals surface area (Å²) in [4.78, 5) is 11.0. The number of hydrogen-bond acceptors (Lipinski definition) is 2. The molecule has 1 atom stereocenters. The number of unbranched alkanes of at least 4 members (excludes halogenated alkanes) is 1. The fourth-order valence-corrected chi connectivity index (χ4v) is 1.70. The van der Waals surface area contributed by atoms with E-state index < -0.39 is 29.6 Å². The van der Waals surface area contributed by atoms with E-state index in [9.17, 15) is 22.4 Å². The van der Waals surface area contributed by atoms with Crippen LogP contribution in [-0.2, 0) is 11.0 Å². The summed E-state index contributed by atoms with van der Waals surface area (Å²) in [6.45, 7) is 1.87. The van der Waals surface area contributed by atoms with Gasteiger partial charge in [0, 0.05) is 5.69 Å². The summed E-state index contributed by atoms with van der Waals surface area (Å²) in [5.74, 6) is -2.54. The molecule has 7 heteroatoms. The molecule has 1 rings (SSSR count). The Hall–Kier alpha value is -1.79. The first-order chi connectivity index (χ1) is 9.25. The molecule has 1 unspecified atom stereocenters. The van der Waals surface area contributed by atoms with Gasteiger partial charge in [-0.05, 0) is 24.6 Å². The minimum atomic E-state index is -4.82. The molecule has 0 bridgehead atoms. The Balaban J connectivity index is 2.94. The van der Waals surface area contributed by atoms with E-state index in [1.807, 2.05) is 6.92 Å². The molecule has 0 saturated carbocycles. The van der Waals surface area contributed by atoms with Crippen molar-refractivity contribution in [3.63, 3.8) is 0 Å². The summed E-state index contributed by atoms with van der Waals surface area (Å²) >= 11 is 0. The third kappa shape index (κ3) is 4.40. The standard InChI is InChI=1S/C13H15F4NO2/c1-2-3-4-11(12(19)20)18-8-5-6-10(14)9(7-8)13(15,16)17/h5-7,11,18H,2-4H2,1H3,(H,19,20). The smallest absolute Gasteiger partial charge is 0.419 e. The van der Waals surface area contributed by atoms with Crippen LogP contribution < -0.4 is 5.32 Å². The van der Waals surface area contributed by atoms with E-state index >= 15 is 0 Å². The maximum atomic E-state index is 13.1. The van der Waals surface area contributed by atoms with Gasteiger partial charge in [0.05, 0.1) is 5.56 Å². The summed E-state index contributed by atoms with van der Waals surface area (Å²) in [6, 6.07) is 1.34. The quantitative estimate of drug-likeness (QED) is 0.782. The van der Waals surface area contributed by atoms with Crippen LogP contribution in [0.1, 0.15) is 31.7 Å². The SMILES string of the molecule is CCCCC(Nc1ccc(F)c(C(F)(F)F)c1)C(=O)O. The number of carbonyl (C=O) groups is 1. The first kappa shape index (κ1) is 16.3. The van der Waals surface area contributed by atoms with Gasteiger partial charge in [0.2, 0.25) is 0 Å². The Bertz CT molecular complexity index is 474. The summed E-state index contributed by atoms with van der Waals surface area (Å²) in [5, 5.41) is 11.5. The number of carboxylic acid groups (broad SMARTS) is 1. The molecule has 0 aromatic heterocycles. The molecule has 0 radical (unpaired) electrons. The lowest BCUT2D eigenvalue weighted by atomic mass is 10.1. The number of hydrogen-bond donors (Lipinski definition) is 2. The van der Waals surface area contributed by atoms with E-state index in [0.717, 1.165) is 12.5 Å². The highest BCUT2D eigenvalue weighted by molar-refractivity contribution is 5.77. The van der Waals surface area contributed by atoms with Crippen molar-refractivity contribution in [3.05, 3.63) is 29.6 Å². The van der Waals surface area contributed by atoms with Crippen LogP contribution in [-0.4, -0.2) is 17.1 Å². The molecule has 0 spiro atoms. The lowest BCUT2D eigenvalue weighted by molar-refractivity contribution is -0.140. The van der Waals surface area contributed by atoms with Crippen LogP contribution in [0.25, 0.3) is 0 Å². The third-order valence-electron chi connectivity index (χ3n) is 2.76. The van der Waals surface area contributed by atoms with Crippen LogP contribution in [0.5, 0.6) is 0 Å². The number of carboxylic acids is 1. The Morgan fingerprint density at radius 1 is 1.40 bits per heavy atom. The second-order valence-corrected chi connectivity index (χ2v) is 4.37. The van der Waals surface area contributed by atoms with Crippen LogP contribution in [0.3, 0.4) is 0 Å². The molecule has 112 valence electrons. The molecule has 0 amide bonds. The van der Waals surface area contributed by atoms with E-state index in [0.29, 0.717) is 18.6 Å². The molecule has 1 aromatic carbocycles. The van der Waals surface area contributed by atoms with E-state index in [2.05, 4.69) is 5.32 Å². The van der Waals surface area contributed by atoms with Crippen LogP contribution in [0.2, 0.25) is 0 Å². The minimum absolute atomic E-state index is 0.0674. The monoisotopic (exact) mass is 293 g/mol. The highest BCUT2D eigenvalue weighted by Crippen LogP contribution is 2.33. The van der Waals surface area contributed by atoms with Crippen LogP contribution in [0.4, 0.5) is 23.2 Å². The third-order valence-corrected chi connectivity index (χ3v) is 2.76. The Morgan fingerprint density at radius 2 is 2.05 bits per heavy atom. The van der Waals surface area contributed by atoms with Gasteiger partial charge in [-0.1, -0.05) is 19.8 Å². The predicted molar refractivity (Wildman–Crippen MR) is 66.0 cm³/mol. The van der Waals surface area contributed by atoms with Gasteiger partial charge < -0.3 is 10.4 Å². The number of rotatable bonds is 6. The van der Waals surface area contributed by atoms with Crippen LogP contribution in [0, 0.1) is 5.82 Å². The molecule has 2 N–H and O–H groups in total. The van der Waals surface area contributed by atoms with Crippen molar-refractivity contribution in [2.75, 3.05) is 5.32 Å².